The number of piperazine rings is 1. The van der Waals surface area contributed by atoms with Gasteiger partial charge in [0.25, 0.3) is 0 Å². The van der Waals surface area contributed by atoms with Crippen LogP contribution in [0.3, 0.4) is 0 Å². The Bertz CT molecular complexity index is 813. The zero-order valence-corrected chi connectivity index (χ0v) is 19.2. The Morgan fingerprint density at radius 2 is 1.90 bits per heavy atom. The molecule has 0 radical (unpaired) electrons. The minimum atomic E-state index is -0.262. The Morgan fingerprint density at radius 1 is 1.20 bits per heavy atom. The van der Waals surface area contributed by atoms with E-state index in [0.717, 1.165) is 56.2 Å². The fraction of sp³-hybridized carbons (Fsp3) is 0.545. The van der Waals surface area contributed by atoms with E-state index in [1.165, 1.54) is 11.3 Å². The van der Waals surface area contributed by atoms with Gasteiger partial charge in [0.15, 0.2) is 5.13 Å². The lowest BCUT2D eigenvalue weighted by atomic mass is 9.82. The topological polar surface area (TPSA) is 69.7 Å². The van der Waals surface area contributed by atoms with Gasteiger partial charge in [-0.25, -0.2) is 9.78 Å². The van der Waals surface area contributed by atoms with E-state index in [0.29, 0.717) is 11.7 Å². The van der Waals surface area contributed by atoms with Gasteiger partial charge in [0.2, 0.25) is 0 Å². The molecule has 1 saturated heterocycles. The quantitative estimate of drug-likeness (QED) is 0.628. The van der Waals surface area contributed by atoms with Crippen LogP contribution >= 0.6 is 11.3 Å². The van der Waals surface area contributed by atoms with Crippen LogP contribution in [0.1, 0.15) is 31.5 Å². The second-order valence-electron chi connectivity index (χ2n) is 8.27. The number of rotatable bonds is 8. The molecule has 2 amide bonds. The highest BCUT2D eigenvalue weighted by Crippen LogP contribution is 2.34. The lowest BCUT2D eigenvalue weighted by molar-refractivity contribution is 0.153. The van der Waals surface area contributed by atoms with E-state index < -0.39 is 0 Å². The molecular formula is C22H33N5O2S. The summed E-state index contributed by atoms with van der Waals surface area (Å²) in [6, 6.07) is 7.82. The van der Waals surface area contributed by atoms with E-state index in [-0.39, 0.29) is 11.4 Å². The van der Waals surface area contributed by atoms with E-state index in [1.54, 1.807) is 7.11 Å². The van der Waals surface area contributed by atoms with Gasteiger partial charge in [-0.05, 0) is 37.7 Å². The van der Waals surface area contributed by atoms with E-state index in [9.17, 15) is 4.79 Å². The summed E-state index contributed by atoms with van der Waals surface area (Å²) in [5, 5.41) is 8.42. The second-order valence-corrected chi connectivity index (χ2v) is 9.13. The number of anilines is 1. The van der Waals surface area contributed by atoms with Gasteiger partial charge in [-0.15, -0.1) is 11.3 Å². The average Bonchev–Trinajstić information content (AvgIpc) is 3.22. The van der Waals surface area contributed by atoms with E-state index >= 15 is 0 Å². The number of likely N-dealkylation sites (N-methyl/N-ethyl adjacent to an activating group) is 1. The summed E-state index contributed by atoms with van der Waals surface area (Å²) in [7, 11) is 3.82. The van der Waals surface area contributed by atoms with Crippen molar-refractivity contribution in [2.24, 2.45) is 0 Å². The Balaban J connectivity index is 1.45. The third-order valence-electron chi connectivity index (χ3n) is 5.71. The summed E-state index contributed by atoms with van der Waals surface area (Å²) in [5.41, 5.74) is 1.82. The van der Waals surface area contributed by atoms with Crippen LogP contribution in [0.15, 0.2) is 29.6 Å². The number of nitrogens with one attached hydrogen (secondary N) is 2. The normalized spacial score (nSPS) is 15.7. The maximum Gasteiger partial charge on any atom is 0.321 e. The molecule has 0 atom stereocenters. The molecule has 0 unspecified atom stereocenters. The molecule has 1 aromatic heterocycles. The number of benzene rings is 1. The van der Waals surface area contributed by atoms with Crippen molar-refractivity contribution in [1.29, 1.82) is 0 Å². The van der Waals surface area contributed by atoms with Crippen molar-refractivity contribution < 1.29 is 9.53 Å². The van der Waals surface area contributed by atoms with Crippen LogP contribution in [0.5, 0.6) is 5.75 Å². The van der Waals surface area contributed by atoms with Crippen LogP contribution in [0, 0.1) is 0 Å². The fourth-order valence-corrected chi connectivity index (χ4v) is 4.36. The molecule has 1 fully saturated rings. The number of nitrogens with zero attached hydrogens (tertiary/aromatic N) is 3. The summed E-state index contributed by atoms with van der Waals surface area (Å²) < 4.78 is 5.24. The van der Waals surface area contributed by atoms with Crippen LogP contribution in [0.25, 0.3) is 0 Å². The first kappa shape index (κ1) is 22.5. The highest BCUT2D eigenvalue weighted by Gasteiger charge is 2.26. The summed E-state index contributed by atoms with van der Waals surface area (Å²) in [4.78, 5) is 21.7. The molecule has 1 aromatic carbocycles. The third-order valence-corrected chi connectivity index (χ3v) is 6.47. The number of hydrogen-bond acceptors (Lipinski definition) is 6. The molecular weight excluding hydrogens is 398 g/mol. The number of urea groups is 1. The maximum absolute atomic E-state index is 12.2. The summed E-state index contributed by atoms with van der Waals surface area (Å²) in [5.74, 6) is 0.833. The van der Waals surface area contributed by atoms with Crippen molar-refractivity contribution in [1.82, 2.24) is 20.1 Å². The van der Waals surface area contributed by atoms with Crippen LogP contribution in [0.2, 0.25) is 0 Å². The van der Waals surface area contributed by atoms with Crippen molar-refractivity contribution in [2.45, 2.75) is 25.7 Å². The number of thiazole rings is 1. The minimum Gasteiger partial charge on any atom is -0.497 e. The molecule has 3 rings (SSSR count). The molecule has 8 heteroatoms. The van der Waals surface area contributed by atoms with Gasteiger partial charge in [0.05, 0.1) is 12.8 Å². The highest BCUT2D eigenvalue weighted by atomic mass is 32.1. The van der Waals surface area contributed by atoms with Gasteiger partial charge in [-0.1, -0.05) is 26.0 Å². The molecule has 1 aliphatic heterocycles. The van der Waals surface area contributed by atoms with E-state index in [1.807, 2.05) is 17.5 Å². The van der Waals surface area contributed by atoms with Crippen molar-refractivity contribution in [3.05, 3.63) is 40.9 Å². The van der Waals surface area contributed by atoms with Gasteiger partial charge in [-0.2, -0.15) is 0 Å². The first-order valence-corrected chi connectivity index (χ1v) is 11.3. The third kappa shape index (κ3) is 5.93. The molecule has 0 spiro atoms. The number of aromatic nitrogens is 1. The lowest BCUT2D eigenvalue weighted by Gasteiger charge is -2.32. The highest BCUT2D eigenvalue weighted by molar-refractivity contribution is 7.13. The van der Waals surface area contributed by atoms with E-state index in [2.05, 4.69) is 58.4 Å². The molecule has 2 heterocycles. The first-order chi connectivity index (χ1) is 14.4. The largest absolute Gasteiger partial charge is 0.497 e. The van der Waals surface area contributed by atoms with Crippen molar-refractivity contribution in [3.8, 4) is 5.75 Å². The molecule has 0 bridgehead atoms. The number of carbonyl (C=O) groups excluding carboxylic acids is 1. The summed E-state index contributed by atoms with van der Waals surface area (Å²) in [6.45, 7) is 10.4. The van der Waals surface area contributed by atoms with Gasteiger partial charge in [0.1, 0.15) is 5.75 Å². The Morgan fingerprint density at radius 3 is 2.57 bits per heavy atom. The molecule has 1 aliphatic rings. The maximum atomic E-state index is 12.2. The van der Waals surface area contributed by atoms with Crippen LogP contribution in [-0.2, 0) is 5.41 Å². The standard InChI is InChI=1S/C22H33N5O2S/c1-22(2,17-6-8-18(29-4)9-7-17)19-16-30-21(24-19)25-20(28)23-10-5-11-27-14-12-26(3)13-15-27/h6-9,16H,5,10-15H2,1-4H3,(H2,23,24,25,28). The first-order valence-electron chi connectivity index (χ1n) is 10.4. The zero-order valence-electron chi connectivity index (χ0n) is 18.4. The Kier molecular flexibility index (Phi) is 7.69. The van der Waals surface area contributed by atoms with Gasteiger partial charge in [0, 0.05) is 43.5 Å². The number of amides is 2. The molecule has 7 nitrogen and oxygen atoms in total. The predicted octanol–water partition coefficient (Wildman–Crippen LogP) is 3.24. The van der Waals surface area contributed by atoms with Gasteiger partial charge >= 0.3 is 6.03 Å². The number of methoxy groups -OCH3 is 1. The summed E-state index contributed by atoms with van der Waals surface area (Å²) in [6.07, 6.45) is 0.949. The predicted molar refractivity (Wildman–Crippen MR) is 123 cm³/mol. The molecule has 2 aromatic rings. The van der Waals surface area contributed by atoms with Gasteiger partial charge < -0.3 is 19.9 Å². The van der Waals surface area contributed by atoms with Crippen LogP contribution in [0.4, 0.5) is 9.93 Å². The zero-order chi connectivity index (χ0) is 21.6. The molecule has 30 heavy (non-hydrogen) atoms. The molecule has 0 aliphatic carbocycles. The van der Waals surface area contributed by atoms with Crippen LogP contribution < -0.4 is 15.4 Å². The number of ether oxygens (including phenoxy) is 1. The number of hydrogen-bond donors (Lipinski definition) is 2. The van der Waals surface area contributed by atoms with Crippen molar-refractivity contribution >= 4 is 22.5 Å². The molecule has 0 saturated carbocycles. The minimum absolute atomic E-state index is 0.198. The summed E-state index contributed by atoms with van der Waals surface area (Å²) >= 11 is 1.45. The lowest BCUT2D eigenvalue weighted by Crippen LogP contribution is -2.45. The van der Waals surface area contributed by atoms with Crippen LogP contribution in [-0.4, -0.2) is 74.2 Å². The number of carbonyl (C=O) groups is 1. The molecule has 164 valence electrons. The van der Waals surface area contributed by atoms with Crippen molar-refractivity contribution in [3.63, 3.8) is 0 Å². The smallest absolute Gasteiger partial charge is 0.321 e. The van der Waals surface area contributed by atoms with Crippen molar-refractivity contribution in [2.75, 3.05) is 58.7 Å². The molecule has 2 N–H and O–H groups in total. The average molecular weight is 432 g/mol. The fourth-order valence-electron chi connectivity index (χ4n) is 3.49. The Labute approximate surface area is 183 Å². The monoisotopic (exact) mass is 431 g/mol. The van der Waals surface area contributed by atoms with Gasteiger partial charge in [-0.3, -0.25) is 5.32 Å². The van der Waals surface area contributed by atoms with E-state index in [4.69, 9.17) is 4.74 Å². The SMILES string of the molecule is COc1ccc(C(C)(C)c2csc(NC(=O)NCCCN3CCN(C)CC3)n2)cc1. The second kappa shape index (κ2) is 10.2. The Hall–Kier alpha value is -2.16.